The fraction of sp³-hybridized carbons (Fsp3) is 0.786. The first-order chi connectivity index (χ1) is 8.69. The summed E-state index contributed by atoms with van der Waals surface area (Å²) < 4.78 is 7.34. The lowest BCUT2D eigenvalue weighted by atomic mass is 9.75. The third-order valence-electron chi connectivity index (χ3n) is 4.01. The fourth-order valence-electron chi connectivity index (χ4n) is 2.60. The first-order valence-corrected chi connectivity index (χ1v) is 7.00. The van der Waals surface area contributed by atoms with Gasteiger partial charge in [0.05, 0.1) is 5.69 Å². The molecule has 1 aromatic heterocycles. The van der Waals surface area contributed by atoms with Crippen LogP contribution in [-0.2, 0) is 11.3 Å². The Hall–Kier alpha value is -1.03. The van der Waals surface area contributed by atoms with E-state index in [1.807, 2.05) is 0 Å². The molecule has 4 heteroatoms. The molecular weight excluding hydrogens is 226 g/mol. The van der Waals surface area contributed by atoms with E-state index in [0.717, 1.165) is 31.2 Å². The van der Waals surface area contributed by atoms with Crippen LogP contribution in [0.4, 0.5) is 5.95 Å². The summed E-state index contributed by atoms with van der Waals surface area (Å²) in [5, 5.41) is 3.67. The predicted molar refractivity (Wildman–Crippen MR) is 74.0 cm³/mol. The third kappa shape index (κ3) is 2.86. The van der Waals surface area contributed by atoms with E-state index < -0.39 is 0 Å². The van der Waals surface area contributed by atoms with Crippen LogP contribution in [0.2, 0.25) is 0 Å². The van der Waals surface area contributed by atoms with Gasteiger partial charge in [0.25, 0.3) is 0 Å². The zero-order valence-electron chi connectivity index (χ0n) is 11.8. The van der Waals surface area contributed by atoms with Crippen LogP contribution in [0, 0.1) is 6.92 Å². The molecular formula is C14H25N3O. The molecule has 0 unspecified atom stereocenters. The molecule has 0 spiro atoms. The molecule has 18 heavy (non-hydrogen) atoms. The maximum absolute atomic E-state index is 5.11. The average molecular weight is 251 g/mol. The van der Waals surface area contributed by atoms with E-state index >= 15 is 0 Å². The van der Waals surface area contributed by atoms with Crippen molar-refractivity contribution < 1.29 is 4.74 Å². The molecule has 0 bridgehead atoms. The lowest BCUT2D eigenvalue weighted by Crippen LogP contribution is -2.45. The van der Waals surface area contributed by atoms with E-state index in [1.54, 1.807) is 7.11 Å². The molecule has 0 aromatic carbocycles. The number of imidazole rings is 1. The highest BCUT2D eigenvalue weighted by atomic mass is 16.5. The molecule has 1 heterocycles. The Kier molecular flexibility index (Phi) is 4.27. The molecule has 4 nitrogen and oxygen atoms in total. The lowest BCUT2D eigenvalue weighted by molar-refractivity contribution is 0.190. The molecule has 0 saturated heterocycles. The number of aromatic nitrogens is 2. The smallest absolute Gasteiger partial charge is 0.203 e. The van der Waals surface area contributed by atoms with Crippen LogP contribution in [0.25, 0.3) is 0 Å². The molecule has 1 aliphatic carbocycles. The molecule has 2 rings (SSSR count). The summed E-state index contributed by atoms with van der Waals surface area (Å²) in [5.41, 5.74) is 1.39. The normalized spacial score (nSPS) is 17.5. The average Bonchev–Trinajstić information content (AvgIpc) is 2.64. The Morgan fingerprint density at radius 3 is 2.83 bits per heavy atom. The van der Waals surface area contributed by atoms with Crippen molar-refractivity contribution in [1.82, 2.24) is 9.55 Å². The molecule has 1 aliphatic rings. The van der Waals surface area contributed by atoms with Crippen molar-refractivity contribution in [3.8, 4) is 0 Å². The molecule has 0 atom stereocenters. The van der Waals surface area contributed by atoms with Crippen LogP contribution in [0.15, 0.2) is 6.20 Å². The van der Waals surface area contributed by atoms with Gasteiger partial charge in [-0.3, -0.25) is 0 Å². The first kappa shape index (κ1) is 13.4. The van der Waals surface area contributed by atoms with Gasteiger partial charge >= 0.3 is 0 Å². The van der Waals surface area contributed by atoms with Gasteiger partial charge in [-0.05, 0) is 39.0 Å². The van der Waals surface area contributed by atoms with Crippen molar-refractivity contribution in [2.75, 3.05) is 19.0 Å². The van der Waals surface area contributed by atoms with E-state index in [9.17, 15) is 0 Å². The summed E-state index contributed by atoms with van der Waals surface area (Å²) in [5.74, 6) is 1.03. The molecule has 0 amide bonds. The van der Waals surface area contributed by atoms with Crippen LogP contribution in [-0.4, -0.2) is 28.8 Å². The quantitative estimate of drug-likeness (QED) is 0.757. The summed E-state index contributed by atoms with van der Waals surface area (Å²) in [6.45, 7) is 6.08. The second-order valence-corrected chi connectivity index (χ2v) is 5.36. The SMILES string of the molecule is CCC1(Nc2nc(C)cn2CCCOC)CCC1. The first-order valence-electron chi connectivity index (χ1n) is 7.00. The maximum Gasteiger partial charge on any atom is 0.203 e. The molecule has 102 valence electrons. The van der Waals surface area contributed by atoms with Gasteiger partial charge in [-0.2, -0.15) is 0 Å². The van der Waals surface area contributed by atoms with Gasteiger partial charge < -0.3 is 14.6 Å². The Morgan fingerprint density at radius 2 is 2.28 bits per heavy atom. The zero-order valence-corrected chi connectivity index (χ0v) is 11.8. The minimum atomic E-state index is 0.302. The van der Waals surface area contributed by atoms with Crippen molar-refractivity contribution in [3.05, 3.63) is 11.9 Å². The van der Waals surface area contributed by atoms with Crippen molar-refractivity contribution in [3.63, 3.8) is 0 Å². The van der Waals surface area contributed by atoms with Crippen LogP contribution in [0.5, 0.6) is 0 Å². The van der Waals surface area contributed by atoms with Gasteiger partial charge in [-0.15, -0.1) is 0 Å². The summed E-state index contributed by atoms with van der Waals surface area (Å²) >= 11 is 0. The van der Waals surface area contributed by atoms with Crippen molar-refractivity contribution in [1.29, 1.82) is 0 Å². The van der Waals surface area contributed by atoms with E-state index in [4.69, 9.17) is 4.74 Å². The Morgan fingerprint density at radius 1 is 1.50 bits per heavy atom. The summed E-state index contributed by atoms with van der Waals surface area (Å²) in [6.07, 6.45) is 8.21. The van der Waals surface area contributed by atoms with Gasteiger partial charge in [-0.25, -0.2) is 4.98 Å². The minimum absolute atomic E-state index is 0.302. The second-order valence-electron chi connectivity index (χ2n) is 5.36. The highest BCUT2D eigenvalue weighted by molar-refractivity contribution is 5.34. The van der Waals surface area contributed by atoms with E-state index in [0.29, 0.717) is 5.54 Å². The molecule has 0 radical (unpaired) electrons. The number of hydrogen-bond donors (Lipinski definition) is 1. The number of rotatable bonds is 7. The predicted octanol–water partition coefficient (Wildman–Crippen LogP) is 2.97. The van der Waals surface area contributed by atoms with Gasteiger partial charge in [0, 0.05) is 32.0 Å². The van der Waals surface area contributed by atoms with Gasteiger partial charge in [-0.1, -0.05) is 6.92 Å². The van der Waals surface area contributed by atoms with Gasteiger partial charge in [0.2, 0.25) is 5.95 Å². The van der Waals surface area contributed by atoms with Crippen molar-refractivity contribution in [2.24, 2.45) is 0 Å². The monoisotopic (exact) mass is 251 g/mol. The van der Waals surface area contributed by atoms with Crippen molar-refractivity contribution in [2.45, 2.75) is 58.0 Å². The lowest BCUT2D eigenvalue weighted by Gasteiger charge is -2.42. The largest absolute Gasteiger partial charge is 0.385 e. The van der Waals surface area contributed by atoms with Crippen LogP contribution < -0.4 is 5.32 Å². The minimum Gasteiger partial charge on any atom is -0.385 e. The van der Waals surface area contributed by atoms with Crippen molar-refractivity contribution >= 4 is 5.95 Å². The Balaban J connectivity index is 2.02. The Bertz CT molecular complexity index is 377. The molecule has 1 saturated carbocycles. The number of anilines is 1. The van der Waals surface area contributed by atoms with Crippen LogP contribution in [0.3, 0.4) is 0 Å². The summed E-state index contributed by atoms with van der Waals surface area (Å²) in [4.78, 5) is 4.62. The molecule has 1 aromatic rings. The number of hydrogen-bond acceptors (Lipinski definition) is 3. The number of nitrogens with zero attached hydrogens (tertiary/aromatic N) is 2. The second kappa shape index (κ2) is 5.74. The highest BCUT2D eigenvalue weighted by Crippen LogP contribution is 2.37. The molecule has 1 N–H and O–H groups in total. The summed E-state index contributed by atoms with van der Waals surface area (Å²) in [6, 6.07) is 0. The van der Waals surface area contributed by atoms with E-state index in [1.165, 1.54) is 25.7 Å². The van der Waals surface area contributed by atoms with E-state index in [2.05, 4.69) is 34.9 Å². The highest BCUT2D eigenvalue weighted by Gasteiger charge is 2.35. The summed E-state index contributed by atoms with van der Waals surface area (Å²) in [7, 11) is 1.75. The molecule has 0 aliphatic heterocycles. The fourth-order valence-corrected chi connectivity index (χ4v) is 2.60. The standard InChI is InChI=1S/C14H25N3O/c1-4-14(7-5-8-14)16-13-15-12(2)11-17(13)9-6-10-18-3/h11H,4-10H2,1-3H3,(H,15,16). The zero-order chi connectivity index (χ0) is 13.0. The van der Waals surface area contributed by atoms with Crippen LogP contribution in [0.1, 0.15) is 44.7 Å². The van der Waals surface area contributed by atoms with E-state index in [-0.39, 0.29) is 0 Å². The number of aryl methyl sites for hydroxylation is 2. The van der Waals surface area contributed by atoms with Gasteiger partial charge in [0.15, 0.2) is 0 Å². The van der Waals surface area contributed by atoms with Crippen LogP contribution >= 0.6 is 0 Å². The van der Waals surface area contributed by atoms with Gasteiger partial charge in [0.1, 0.15) is 0 Å². The molecule has 1 fully saturated rings. The number of ether oxygens (including phenoxy) is 1. The number of nitrogens with one attached hydrogen (secondary N) is 1. The Labute approximate surface area is 110 Å². The maximum atomic E-state index is 5.11. The number of methoxy groups -OCH3 is 1. The topological polar surface area (TPSA) is 39.1 Å². The third-order valence-corrected chi connectivity index (χ3v) is 4.01.